The van der Waals surface area contributed by atoms with Gasteiger partial charge in [0.15, 0.2) is 0 Å². The Morgan fingerprint density at radius 3 is 1.53 bits per heavy atom. The van der Waals surface area contributed by atoms with Gasteiger partial charge in [-0.25, -0.2) is 0 Å². The summed E-state index contributed by atoms with van der Waals surface area (Å²) in [4.78, 5) is 37.8. The monoisotopic (exact) mass is 443 g/mol. The molecule has 0 radical (unpaired) electrons. The van der Waals surface area contributed by atoms with E-state index in [1.54, 1.807) is 18.2 Å². The maximum Gasteiger partial charge on any atom is 0.227 e. The van der Waals surface area contributed by atoms with E-state index in [4.69, 9.17) is 0 Å². The minimum atomic E-state index is -0.123. The van der Waals surface area contributed by atoms with Crippen molar-refractivity contribution in [2.24, 2.45) is 29.6 Å². The second-order valence-corrected chi connectivity index (χ2v) is 9.74. The lowest BCUT2D eigenvalue weighted by molar-refractivity contribution is -0.121. The highest BCUT2D eigenvalue weighted by atomic mass is 16.2. The first kappa shape index (κ1) is 25.9. The van der Waals surface area contributed by atoms with Crippen LogP contribution >= 0.6 is 0 Å². The van der Waals surface area contributed by atoms with Crippen molar-refractivity contribution in [3.05, 3.63) is 18.2 Å². The zero-order valence-corrected chi connectivity index (χ0v) is 20.6. The van der Waals surface area contributed by atoms with Crippen LogP contribution in [0.1, 0.15) is 80.1 Å². The molecule has 1 fully saturated rings. The predicted molar refractivity (Wildman–Crippen MR) is 132 cm³/mol. The third kappa shape index (κ3) is 7.35. The van der Waals surface area contributed by atoms with E-state index < -0.39 is 0 Å². The molecule has 6 nitrogen and oxygen atoms in total. The minimum absolute atomic E-state index is 0.00140. The summed E-state index contributed by atoms with van der Waals surface area (Å²) in [6.07, 6.45) is 5.43. The van der Waals surface area contributed by atoms with Crippen molar-refractivity contribution in [3.63, 3.8) is 0 Å². The van der Waals surface area contributed by atoms with Crippen molar-refractivity contribution in [3.8, 4) is 0 Å². The summed E-state index contributed by atoms with van der Waals surface area (Å²) in [5.41, 5.74) is 1.72. The minimum Gasteiger partial charge on any atom is -0.326 e. The normalized spacial score (nSPS) is 20.3. The number of amides is 3. The Bertz CT molecular complexity index is 755. The number of hydrogen-bond acceptors (Lipinski definition) is 3. The zero-order valence-electron chi connectivity index (χ0n) is 20.6. The van der Waals surface area contributed by atoms with Crippen molar-refractivity contribution in [1.29, 1.82) is 0 Å². The lowest BCUT2D eigenvalue weighted by Gasteiger charge is -2.30. The maximum absolute atomic E-state index is 12.9. The second-order valence-electron chi connectivity index (χ2n) is 9.74. The van der Waals surface area contributed by atoms with E-state index in [1.165, 1.54) is 0 Å². The molecule has 32 heavy (non-hydrogen) atoms. The van der Waals surface area contributed by atoms with Crippen LogP contribution in [0, 0.1) is 29.6 Å². The molecular formula is C26H41N3O3. The highest BCUT2D eigenvalue weighted by Crippen LogP contribution is 2.34. The second kappa shape index (κ2) is 12.0. The van der Waals surface area contributed by atoms with Gasteiger partial charge in [0.2, 0.25) is 17.7 Å². The Labute approximate surface area is 193 Å². The summed E-state index contributed by atoms with van der Waals surface area (Å²) in [5, 5.41) is 8.87. The van der Waals surface area contributed by atoms with Crippen molar-refractivity contribution in [2.75, 3.05) is 16.0 Å². The van der Waals surface area contributed by atoms with Crippen molar-refractivity contribution >= 4 is 34.8 Å². The number of nitrogens with one attached hydrogen (secondary N) is 3. The van der Waals surface area contributed by atoms with Crippen LogP contribution in [0.25, 0.3) is 0 Å². The van der Waals surface area contributed by atoms with Crippen LogP contribution < -0.4 is 16.0 Å². The topological polar surface area (TPSA) is 87.3 Å². The molecule has 2 unspecified atom stereocenters. The standard InChI is InChI=1S/C26H41N3O3/c1-7-17(5)24(30)27-21-13-22(28-25(31)18(6)8-2)15-23(14-21)29-26(32)20-11-9-19(10-12-20)16(3)4/h13-20H,7-12H2,1-6H3,(H,27,30)(H,28,31)(H,29,32)/t17?,18?,19-,20+. The van der Waals surface area contributed by atoms with Crippen LogP contribution in [0.15, 0.2) is 18.2 Å². The molecule has 1 aromatic carbocycles. The van der Waals surface area contributed by atoms with Gasteiger partial charge in [-0.05, 0) is 68.6 Å². The van der Waals surface area contributed by atoms with Gasteiger partial charge in [-0.2, -0.15) is 0 Å². The molecule has 1 saturated carbocycles. The van der Waals surface area contributed by atoms with Gasteiger partial charge in [-0.3, -0.25) is 14.4 Å². The van der Waals surface area contributed by atoms with Gasteiger partial charge in [0.25, 0.3) is 0 Å². The molecule has 0 saturated heterocycles. The Balaban J connectivity index is 2.17. The SMILES string of the molecule is CCC(C)C(=O)Nc1cc(NC(=O)C(C)CC)cc(NC(=O)[C@H]2CC[C@@H](C(C)C)CC2)c1. The van der Waals surface area contributed by atoms with Crippen LogP contribution in [-0.4, -0.2) is 17.7 Å². The molecular weight excluding hydrogens is 402 g/mol. The van der Waals surface area contributed by atoms with E-state index in [9.17, 15) is 14.4 Å². The molecule has 0 spiro atoms. The largest absolute Gasteiger partial charge is 0.326 e. The van der Waals surface area contributed by atoms with E-state index in [2.05, 4.69) is 29.8 Å². The molecule has 0 aromatic heterocycles. The molecule has 178 valence electrons. The third-order valence-electron chi connectivity index (χ3n) is 6.94. The summed E-state index contributed by atoms with van der Waals surface area (Å²) in [6, 6.07) is 5.26. The summed E-state index contributed by atoms with van der Waals surface area (Å²) < 4.78 is 0. The predicted octanol–water partition coefficient (Wildman–Crippen LogP) is 6.06. The first-order valence-electron chi connectivity index (χ1n) is 12.2. The van der Waals surface area contributed by atoms with Crippen LogP contribution in [0.2, 0.25) is 0 Å². The van der Waals surface area contributed by atoms with E-state index in [1.807, 2.05) is 27.7 Å². The van der Waals surface area contributed by atoms with Crippen molar-refractivity contribution in [2.45, 2.75) is 80.1 Å². The van der Waals surface area contributed by atoms with Crippen LogP contribution in [0.5, 0.6) is 0 Å². The molecule has 2 rings (SSSR count). The van der Waals surface area contributed by atoms with Gasteiger partial charge >= 0.3 is 0 Å². The molecule has 0 aliphatic heterocycles. The van der Waals surface area contributed by atoms with Gasteiger partial charge < -0.3 is 16.0 Å². The van der Waals surface area contributed by atoms with E-state index in [-0.39, 0.29) is 35.5 Å². The molecule has 2 atom stereocenters. The number of rotatable bonds is 9. The van der Waals surface area contributed by atoms with Gasteiger partial charge in [0.1, 0.15) is 0 Å². The number of carbonyl (C=O) groups is 3. The Kier molecular flexibility index (Phi) is 9.73. The highest BCUT2D eigenvalue weighted by molar-refractivity contribution is 5.99. The van der Waals surface area contributed by atoms with Crippen molar-refractivity contribution in [1.82, 2.24) is 0 Å². The van der Waals surface area contributed by atoms with E-state index >= 15 is 0 Å². The van der Waals surface area contributed by atoms with Gasteiger partial charge in [-0.15, -0.1) is 0 Å². The fourth-order valence-corrected chi connectivity index (χ4v) is 4.04. The number of hydrogen-bond donors (Lipinski definition) is 3. The molecule has 1 aliphatic rings. The van der Waals surface area contributed by atoms with Gasteiger partial charge in [0.05, 0.1) is 0 Å². The van der Waals surface area contributed by atoms with Crippen molar-refractivity contribution < 1.29 is 14.4 Å². The molecule has 3 amide bonds. The summed E-state index contributed by atoms with van der Waals surface area (Å²) in [5.74, 6) is 0.954. The van der Waals surface area contributed by atoms with Crippen LogP contribution in [0.3, 0.4) is 0 Å². The lowest BCUT2D eigenvalue weighted by Crippen LogP contribution is -2.28. The summed E-state index contributed by atoms with van der Waals surface area (Å²) in [6.45, 7) is 12.2. The first-order valence-corrected chi connectivity index (χ1v) is 12.2. The Morgan fingerprint density at radius 1 is 0.750 bits per heavy atom. The molecule has 3 N–H and O–H groups in total. The molecule has 6 heteroatoms. The average Bonchev–Trinajstić information content (AvgIpc) is 2.77. The lowest BCUT2D eigenvalue weighted by atomic mass is 9.76. The van der Waals surface area contributed by atoms with Crippen LogP contribution in [-0.2, 0) is 14.4 Å². The molecule has 1 aliphatic carbocycles. The summed E-state index contributed by atoms with van der Waals surface area (Å²) >= 11 is 0. The Hall–Kier alpha value is -2.37. The molecule has 0 bridgehead atoms. The maximum atomic E-state index is 12.9. The molecule has 1 aromatic rings. The van der Waals surface area contributed by atoms with Gasteiger partial charge in [-0.1, -0.05) is 41.5 Å². The highest BCUT2D eigenvalue weighted by Gasteiger charge is 2.28. The number of anilines is 3. The fraction of sp³-hybridized carbons (Fsp3) is 0.654. The Morgan fingerprint density at radius 2 is 1.16 bits per heavy atom. The smallest absolute Gasteiger partial charge is 0.227 e. The number of benzene rings is 1. The van der Waals surface area contributed by atoms with Crippen LogP contribution in [0.4, 0.5) is 17.1 Å². The first-order chi connectivity index (χ1) is 15.1. The van der Waals surface area contributed by atoms with Gasteiger partial charge in [0, 0.05) is 34.8 Å². The molecule has 0 heterocycles. The van der Waals surface area contributed by atoms with E-state index in [0.29, 0.717) is 28.9 Å². The summed E-state index contributed by atoms with van der Waals surface area (Å²) in [7, 11) is 0. The van der Waals surface area contributed by atoms with E-state index in [0.717, 1.165) is 38.5 Å². The quantitative estimate of drug-likeness (QED) is 0.434. The fourth-order valence-electron chi connectivity index (χ4n) is 4.04. The zero-order chi connectivity index (χ0) is 23.8. The average molecular weight is 444 g/mol. The third-order valence-corrected chi connectivity index (χ3v) is 6.94. The number of carbonyl (C=O) groups excluding carboxylic acids is 3.